The van der Waals surface area contributed by atoms with Crippen LogP contribution < -0.4 is 11.1 Å². The van der Waals surface area contributed by atoms with Crippen molar-refractivity contribution in [3.8, 4) is 0 Å². The summed E-state index contributed by atoms with van der Waals surface area (Å²) < 4.78 is 0. The van der Waals surface area contributed by atoms with E-state index in [1.165, 1.54) is 0 Å². The third-order valence-electron chi connectivity index (χ3n) is 1.52. The smallest absolute Gasteiger partial charge is 0.227 e. The third-order valence-corrected chi connectivity index (χ3v) is 1.72. The number of carbonyl (C=O) groups excluding carboxylic acids is 1. The fraction of sp³-hybridized carbons (Fsp3) is 0.444. The summed E-state index contributed by atoms with van der Waals surface area (Å²) in [6.07, 6.45) is 0.220. The van der Waals surface area contributed by atoms with Gasteiger partial charge in [0.25, 0.3) is 0 Å². The van der Waals surface area contributed by atoms with Crippen molar-refractivity contribution < 1.29 is 4.79 Å². The first-order valence-electron chi connectivity index (χ1n) is 4.45. The van der Waals surface area contributed by atoms with Crippen LogP contribution in [-0.2, 0) is 4.79 Å². The molecule has 0 aliphatic rings. The highest BCUT2D eigenvalue weighted by Crippen LogP contribution is 2.09. The molecule has 1 aromatic heterocycles. The summed E-state index contributed by atoms with van der Waals surface area (Å²) in [7, 11) is 0. The molecule has 82 valence electrons. The Morgan fingerprint density at radius 1 is 1.53 bits per heavy atom. The molecule has 0 aromatic carbocycles. The van der Waals surface area contributed by atoms with Crippen molar-refractivity contribution in [3.05, 3.63) is 17.3 Å². The van der Waals surface area contributed by atoms with E-state index in [1.807, 2.05) is 0 Å². The van der Waals surface area contributed by atoms with Gasteiger partial charge >= 0.3 is 0 Å². The van der Waals surface area contributed by atoms with Crippen molar-refractivity contribution >= 4 is 23.3 Å². The van der Waals surface area contributed by atoms with Gasteiger partial charge in [-0.2, -0.15) is 0 Å². The van der Waals surface area contributed by atoms with E-state index in [0.717, 1.165) is 0 Å². The van der Waals surface area contributed by atoms with Gasteiger partial charge in [0.05, 0.1) is 0 Å². The number of hydrogen-bond acceptors (Lipinski definition) is 4. The molecule has 0 saturated heterocycles. The molecule has 0 saturated carbocycles. The van der Waals surface area contributed by atoms with Crippen LogP contribution in [0.4, 0.5) is 5.82 Å². The quantitative estimate of drug-likeness (QED) is 0.815. The van der Waals surface area contributed by atoms with Crippen LogP contribution in [-0.4, -0.2) is 21.6 Å². The van der Waals surface area contributed by atoms with Gasteiger partial charge in [-0.3, -0.25) is 4.79 Å². The first-order valence-corrected chi connectivity index (χ1v) is 4.82. The lowest BCUT2D eigenvalue weighted by molar-refractivity contribution is -0.117. The Labute approximate surface area is 93.0 Å². The number of hydrogen-bond donors (Lipinski definition) is 2. The van der Waals surface area contributed by atoms with Crippen LogP contribution in [0, 0.1) is 0 Å². The van der Waals surface area contributed by atoms with Gasteiger partial charge in [-0.1, -0.05) is 11.6 Å². The number of aromatic nitrogens is 2. The fourth-order valence-corrected chi connectivity index (χ4v) is 1.08. The second-order valence-electron chi connectivity index (χ2n) is 3.95. The zero-order chi connectivity index (χ0) is 11.5. The number of carbonyl (C=O) groups is 1. The van der Waals surface area contributed by atoms with Crippen LogP contribution in [0.2, 0.25) is 5.15 Å². The van der Waals surface area contributed by atoms with Crippen molar-refractivity contribution in [3.63, 3.8) is 0 Å². The summed E-state index contributed by atoms with van der Waals surface area (Å²) in [6, 6.07) is 3.13. The van der Waals surface area contributed by atoms with E-state index in [1.54, 1.807) is 26.0 Å². The Morgan fingerprint density at radius 2 is 2.20 bits per heavy atom. The normalized spacial score (nSPS) is 11.2. The molecule has 0 aliphatic carbocycles. The predicted molar refractivity (Wildman–Crippen MR) is 58.6 cm³/mol. The molecule has 0 atom stereocenters. The zero-order valence-electron chi connectivity index (χ0n) is 8.62. The molecule has 15 heavy (non-hydrogen) atoms. The van der Waals surface area contributed by atoms with Crippen LogP contribution in [0.5, 0.6) is 0 Å². The topological polar surface area (TPSA) is 80.9 Å². The van der Waals surface area contributed by atoms with E-state index in [0.29, 0.717) is 5.82 Å². The Kier molecular flexibility index (Phi) is 3.60. The lowest BCUT2D eigenvalue weighted by Crippen LogP contribution is -2.36. The Hall–Kier alpha value is -1.20. The van der Waals surface area contributed by atoms with E-state index in [2.05, 4.69) is 15.5 Å². The minimum atomic E-state index is -0.538. The zero-order valence-corrected chi connectivity index (χ0v) is 9.38. The molecular formula is C9H13ClN4O. The maximum Gasteiger partial charge on any atom is 0.227 e. The number of amides is 1. The van der Waals surface area contributed by atoms with E-state index in [4.69, 9.17) is 17.3 Å². The van der Waals surface area contributed by atoms with Gasteiger partial charge in [0, 0.05) is 12.0 Å². The summed E-state index contributed by atoms with van der Waals surface area (Å²) in [6.45, 7) is 3.56. The number of anilines is 1. The molecule has 6 heteroatoms. The third kappa shape index (κ3) is 4.71. The first-order chi connectivity index (χ1) is 6.87. The average molecular weight is 229 g/mol. The van der Waals surface area contributed by atoms with Crippen molar-refractivity contribution in [2.75, 3.05) is 5.32 Å². The maximum absolute atomic E-state index is 11.4. The van der Waals surface area contributed by atoms with Gasteiger partial charge in [-0.25, -0.2) is 0 Å². The monoisotopic (exact) mass is 228 g/mol. The van der Waals surface area contributed by atoms with Crippen LogP contribution in [0.15, 0.2) is 12.1 Å². The predicted octanol–water partition coefficient (Wildman–Crippen LogP) is 1.20. The highest BCUT2D eigenvalue weighted by Gasteiger charge is 2.16. The van der Waals surface area contributed by atoms with Crippen LogP contribution in [0.1, 0.15) is 20.3 Å². The van der Waals surface area contributed by atoms with E-state index in [9.17, 15) is 4.79 Å². The maximum atomic E-state index is 11.4. The number of nitrogens with one attached hydrogen (secondary N) is 1. The number of rotatable bonds is 3. The molecule has 5 nitrogen and oxygen atoms in total. The molecule has 1 heterocycles. The number of nitrogens with zero attached hydrogens (tertiary/aromatic N) is 2. The SMILES string of the molecule is CC(C)(N)CC(=O)Nc1ccc(Cl)nn1. The van der Waals surface area contributed by atoms with Crippen molar-refractivity contribution in [1.82, 2.24) is 10.2 Å². The Morgan fingerprint density at radius 3 is 2.67 bits per heavy atom. The second kappa shape index (κ2) is 4.55. The molecular weight excluding hydrogens is 216 g/mol. The second-order valence-corrected chi connectivity index (χ2v) is 4.34. The lowest BCUT2D eigenvalue weighted by Gasteiger charge is -2.16. The van der Waals surface area contributed by atoms with Gasteiger partial charge in [0.15, 0.2) is 11.0 Å². The first kappa shape index (κ1) is 11.9. The van der Waals surface area contributed by atoms with Crippen LogP contribution >= 0.6 is 11.6 Å². The van der Waals surface area contributed by atoms with Gasteiger partial charge in [0.1, 0.15) is 0 Å². The standard InChI is InChI=1S/C9H13ClN4O/c1-9(2,11)5-8(15)12-7-4-3-6(10)13-14-7/h3-4H,5,11H2,1-2H3,(H,12,14,15). The molecule has 0 aliphatic heterocycles. The molecule has 0 spiro atoms. The molecule has 0 radical (unpaired) electrons. The number of halogens is 1. The summed E-state index contributed by atoms with van der Waals surface area (Å²) in [5.41, 5.74) is 5.16. The molecule has 1 rings (SSSR count). The largest absolute Gasteiger partial charge is 0.325 e. The van der Waals surface area contributed by atoms with Gasteiger partial charge in [0.2, 0.25) is 5.91 Å². The highest BCUT2D eigenvalue weighted by molar-refractivity contribution is 6.29. The molecule has 1 aromatic rings. The molecule has 3 N–H and O–H groups in total. The van der Waals surface area contributed by atoms with Crippen molar-refractivity contribution in [2.24, 2.45) is 5.73 Å². The summed E-state index contributed by atoms with van der Waals surface area (Å²) >= 11 is 5.55. The molecule has 0 unspecified atom stereocenters. The van der Waals surface area contributed by atoms with Gasteiger partial charge in [-0.05, 0) is 26.0 Å². The Bertz CT molecular complexity index is 344. The Balaban J connectivity index is 2.55. The summed E-state index contributed by atoms with van der Waals surface area (Å²) in [5.74, 6) is 0.174. The van der Waals surface area contributed by atoms with Gasteiger partial charge in [-0.15, -0.1) is 10.2 Å². The van der Waals surface area contributed by atoms with E-state index in [-0.39, 0.29) is 17.5 Å². The summed E-state index contributed by atoms with van der Waals surface area (Å²) in [4.78, 5) is 11.4. The van der Waals surface area contributed by atoms with Crippen LogP contribution in [0.3, 0.4) is 0 Å². The fourth-order valence-electron chi connectivity index (χ4n) is 0.984. The minimum Gasteiger partial charge on any atom is -0.325 e. The molecule has 0 fully saturated rings. The molecule has 0 bridgehead atoms. The summed E-state index contributed by atoms with van der Waals surface area (Å²) in [5, 5.41) is 10.2. The number of nitrogens with two attached hydrogens (primary N) is 1. The van der Waals surface area contributed by atoms with Crippen LogP contribution in [0.25, 0.3) is 0 Å². The van der Waals surface area contributed by atoms with Crippen molar-refractivity contribution in [2.45, 2.75) is 25.8 Å². The van der Waals surface area contributed by atoms with E-state index >= 15 is 0 Å². The lowest BCUT2D eigenvalue weighted by atomic mass is 10.0. The average Bonchev–Trinajstić information content (AvgIpc) is 2.05. The van der Waals surface area contributed by atoms with Crippen molar-refractivity contribution in [1.29, 1.82) is 0 Å². The minimum absolute atomic E-state index is 0.195. The van der Waals surface area contributed by atoms with E-state index < -0.39 is 5.54 Å². The highest BCUT2D eigenvalue weighted by atomic mass is 35.5. The molecule has 1 amide bonds. The van der Waals surface area contributed by atoms with Gasteiger partial charge < -0.3 is 11.1 Å².